The van der Waals surface area contributed by atoms with Gasteiger partial charge in [-0.2, -0.15) is 0 Å². The zero-order valence-corrected chi connectivity index (χ0v) is 8.32. The normalized spacial score (nSPS) is 27.5. The highest BCUT2D eigenvalue weighted by atomic mass is 16.3. The molecule has 2 N–H and O–H groups in total. The van der Waals surface area contributed by atoms with Gasteiger partial charge in [0.15, 0.2) is 0 Å². The van der Waals surface area contributed by atoms with Gasteiger partial charge in [0.1, 0.15) is 0 Å². The number of benzene rings is 1. The molecule has 2 heteroatoms. The summed E-state index contributed by atoms with van der Waals surface area (Å²) in [6.45, 7) is 1.34. The van der Waals surface area contributed by atoms with E-state index in [1.165, 1.54) is 5.56 Å². The van der Waals surface area contributed by atoms with E-state index < -0.39 is 0 Å². The third kappa shape index (κ3) is 2.14. The lowest BCUT2D eigenvalue weighted by Gasteiger charge is -2.29. The lowest BCUT2D eigenvalue weighted by molar-refractivity contribution is 0.176. The Hall–Kier alpha value is -0.860. The van der Waals surface area contributed by atoms with E-state index in [4.69, 9.17) is 5.11 Å². The first-order valence-corrected chi connectivity index (χ1v) is 5.29. The van der Waals surface area contributed by atoms with Gasteiger partial charge in [-0.3, -0.25) is 0 Å². The molecule has 2 atom stereocenters. The molecule has 1 aromatic carbocycles. The zero-order chi connectivity index (χ0) is 9.80. The fraction of sp³-hybridized carbons (Fsp3) is 0.500. The van der Waals surface area contributed by atoms with Crippen LogP contribution in [0.5, 0.6) is 0 Å². The van der Waals surface area contributed by atoms with Gasteiger partial charge in [0.05, 0.1) is 0 Å². The molecule has 14 heavy (non-hydrogen) atoms. The lowest BCUT2D eigenvalue weighted by Crippen LogP contribution is -2.32. The van der Waals surface area contributed by atoms with Gasteiger partial charge in [0, 0.05) is 12.6 Å². The Bertz CT molecular complexity index is 273. The second-order valence-corrected chi connectivity index (χ2v) is 3.99. The minimum atomic E-state index is 0.324. The third-order valence-corrected chi connectivity index (χ3v) is 2.97. The van der Waals surface area contributed by atoms with E-state index in [0.29, 0.717) is 18.6 Å². The predicted octanol–water partition coefficient (Wildman–Crippen LogP) is 1.72. The Labute approximate surface area is 85.0 Å². The van der Waals surface area contributed by atoms with Crippen LogP contribution in [0.2, 0.25) is 0 Å². The van der Waals surface area contributed by atoms with Crippen LogP contribution >= 0.6 is 0 Å². The van der Waals surface area contributed by atoms with E-state index >= 15 is 0 Å². The molecule has 0 spiro atoms. The van der Waals surface area contributed by atoms with Crippen LogP contribution in [0.1, 0.15) is 24.4 Å². The van der Waals surface area contributed by atoms with Crippen LogP contribution in [0.3, 0.4) is 0 Å². The average molecular weight is 191 g/mol. The molecule has 1 unspecified atom stereocenters. The minimum Gasteiger partial charge on any atom is -0.396 e. The fourth-order valence-electron chi connectivity index (χ4n) is 2.10. The van der Waals surface area contributed by atoms with E-state index in [0.717, 1.165) is 19.4 Å². The molecule has 1 saturated heterocycles. The maximum absolute atomic E-state index is 9.13. The average Bonchev–Trinajstić information content (AvgIpc) is 2.30. The van der Waals surface area contributed by atoms with Gasteiger partial charge in [0.25, 0.3) is 0 Å². The number of hydrogen-bond acceptors (Lipinski definition) is 2. The van der Waals surface area contributed by atoms with Gasteiger partial charge < -0.3 is 10.4 Å². The Morgan fingerprint density at radius 3 is 2.79 bits per heavy atom. The van der Waals surface area contributed by atoms with Crippen LogP contribution in [0, 0.1) is 5.92 Å². The Balaban J connectivity index is 2.04. The zero-order valence-electron chi connectivity index (χ0n) is 8.32. The molecule has 1 aromatic rings. The highest BCUT2D eigenvalue weighted by Gasteiger charge is 2.21. The molecule has 0 radical (unpaired) electrons. The van der Waals surface area contributed by atoms with E-state index in [1.807, 2.05) is 6.07 Å². The topological polar surface area (TPSA) is 32.3 Å². The first-order valence-electron chi connectivity index (χ1n) is 5.29. The third-order valence-electron chi connectivity index (χ3n) is 2.97. The van der Waals surface area contributed by atoms with Crippen molar-refractivity contribution in [3.63, 3.8) is 0 Å². The maximum Gasteiger partial charge on any atom is 0.0460 e. The summed E-state index contributed by atoms with van der Waals surface area (Å²) in [6, 6.07) is 10.9. The highest BCUT2D eigenvalue weighted by Crippen LogP contribution is 2.26. The van der Waals surface area contributed by atoms with E-state index in [2.05, 4.69) is 29.6 Å². The summed E-state index contributed by atoms with van der Waals surface area (Å²) in [6.07, 6.45) is 2.15. The molecule has 1 fully saturated rings. The van der Waals surface area contributed by atoms with Gasteiger partial charge in [-0.1, -0.05) is 30.3 Å². The highest BCUT2D eigenvalue weighted by molar-refractivity contribution is 5.19. The smallest absolute Gasteiger partial charge is 0.0460 e. The summed E-state index contributed by atoms with van der Waals surface area (Å²) < 4.78 is 0. The number of nitrogens with one attached hydrogen (secondary N) is 1. The van der Waals surface area contributed by atoms with Crippen LogP contribution in [-0.2, 0) is 0 Å². The molecular formula is C12H17NO. The van der Waals surface area contributed by atoms with Crippen molar-refractivity contribution in [1.82, 2.24) is 5.32 Å². The summed E-state index contributed by atoms with van der Waals surface area (Å²) in [4.78, 5) is 0. The van der Waals surface area contributed by atoms with E-state index in [1.54, 1.807) is 0 Å². The molecule has 1 aliphatic heterocycles. The molecule has 2 rings (SSSR count). The first kappa shape index (κ1) is 9.69. The van der Waals surface area contributed by atoms with Crippen LogP contribution in [0.15, 0.2) is 30.3 Å². The van der Waals surface area contributed by atoms with Gasteiger partial charge in [-0.15, -0.1) is 0 Å². The van der Waals surface area contributed by atoms with Crippen molar-refractivity contribution >= 4 is 0 Å². The lowest BCUT2D eigenvalue weighted by atomic mass is 9.89. The number of aliphatic hydroxyl groups is 1. The summed E-state index contributed by atoms with van der Waals surface area (Å²) in [7, 11) is 0. The van der Waals surface area contributed by atoms with Crippen molar-refractivity contribution in [2.24, 2.45) is 5.92 Å². The Kier molecular flexibility index (Phi) is 3.17. The maximum atomic E-state index is 9.13. The second-order valence-electron chi connectivity index (χ2n) is 3.99. The summed E-state index contributed by atoms with van der Waals surface area (Å²) in [5.74, 6) is 0.474. The molecule has 1 aliphatic rings. The molecule has 0 saturated carbocycles. The van der Waals surface area contributed by atoms with Crippen molar-refractivity contribution in [3.05, 3.63) is 35.9 Å². The molecule has 0 aromatic heterocycles. The number of piperidine rings is 1. The van der Waals surface area contributed by atoms with Gasteiger partial charge in [-0.05, 0) is 30.9 Å². The Morgan fingerprint density at radius 2 is 2.07 bits per heavy atom. The summed E-state index contributed by atoms with van der Waals surface area (Å²) in [5.41, 5.74) is 1.34. The molecular weight excluding hydrogens is 174 g/mol. The first-order chi connectivity index (χ1) is 6.90. The number of aliphatic hydroxyl groups excluding tert-OH is 1. The quantitative estimate of drug-likeness (QED) is 0.746. The van der Waals surface area contributed by atoms with Crippen LogP contribution in [0.25, 0.3) is 0 Å². The van der Waals surface area contributed by atoms with E-state index in [-0.39, 0.29) is 0 Å². The van der Waals surface area contributed by atoms with Crippen molar-refractivity contribution in [2.45, 2.75) is 18.9 Å². The number of hydrogen-bond donors (Lipinski definition) is 2. The molecule has 0 bridgehead atoms. The van der Waals surface area contributed by atoms with Gasteiger partial charge in [-0.25, -0.2) is 0 Å². The molecule has 1 heterocycles. The predicted molar refractivity (Wildman–Crippen MR) is 57.0 cm³/mol. The van der Waals surface area contributed by atoms with Crippen molar-refractivity contribution in [1.29, 1.82) is 0 Å². The number of rotatable bonds is 2. The van der Waals surface area contributed by atoms with E-state index in [9.17, 15) is 0 Å². The van der Waals surface area contributed by atoms with Gasteiger partial charge >= 0.3 is 0 Å². The van der Waals surface area contributed by atoms with Crippen molar-refractivity contribution < 1.29 is 5.11 Å². The molecule has 2 nitrogen and oxygen atoms in total. The minimum absolute atomic E-state index is 0.324. The van der Waals surface area contributed by atoms with Crippen LogP contribution in [0.4, 0.5) is 0 Å². The molecule has 76 valence electrons. The Morgan fingerprint density at radius 1 is 1.29 bits per heavy atom. The SMILES string of the molecule is OCC1CCN[C@@H](c2ccccc2)C1. The standard InChI is InChI=1S/C12H17NO/c14-9-10-6-7-13-12(8-10)11-4-2-1-3-5-11/h1-5,10,12-14H,6-9H2/t10?,12-/m1/s1. The largest absolute Gasteiger partial charge is 0.396 e. The summed E-state index contributed by atoms with van der Waals surface area (Å²) >= 11 is 0. The summed E-state index contributed by atoms with van der Waals surface area (Å²) in [5, 5.41) is 12.6. The van der Waals surface area contributed by atoms with Crippen LogP contribution in [-0.4, -0.2) is 18.3 Å². The van der Waals surface area contributed by atoms with Crippen molar-refractivity contribution in [2.75, 3.05) is 13.2 Å². The fourth-order valence-corrected chi connectivity index (χ4v) is 2.10. The second kappa shape index (κ2) is 4.58. The van der Waals surface area contributed by atoms with Gasteiger partial charge in [0.2, 0.25) is 0 Å². The van der Waals surface area contributed by atoms with Crippen molar-refractivity contribution in [3.8, 4) is 0 Å². The monoisotopic (exact) mass is 191 g/mol. The molecule has 0 aliphatic carbocycles. The molecule has 0 amide bonds. The van der Waals surface area contributed by atoms with Crippen LogP contribution < -0.4 is 5.32 Å².